The third-order valence-corrected chi connectivity index (χ3v) is 6.42. The first kappa shape index (κ1) is 24.8. The molecule has 0 unspecified atom stereocenters. The Labute approximate surface area is 211 Å². The van der Waals surface area contributed by atoms with Crippen molar-refractivity contribution in [3.8, 4) is 11.8 Å². The molecule has 1 saturated heterocycles. The van der Waals surface area contributed by atoms with E-state index in [9.17, 15) is 14.9 Å². The van der Waals surface area contributed by atoms with Crippen LogP contribution in [0.2, 0.25) is 0 Å². The van der Waals surface area contributed by atoms with Gasteiger partial charge in [-0.25, -0.2) is 4.79 Å². The van der Waals surface area contributed by atoms with Gasteiger partial charge < -0.3 is 19.1 Å². The van der Waals surface area contributed by atoms with Crippen LogP contribution in [0.5, 0.6) is 0 Å². The molecular formula is C29H30N4O3. The molecule has 0 aliphatic carbocycles. The van der Waals surface area contributed by atoms with Gasteiger partial charge in [0.05, 0.1) is 12.2 Å². The van der Waals surface area contributed by atoms with E-state index in [1.54, 1.807) is 30.0 Å². The summed E-state index contributed by atoms with van der Waals surface area (Å²) in [5.74, 6) is -0.619. The van der Waals surface area contributed by atoms with Crippen molar-refractivity contribution >= 4 is 23.6 Å². The van der Waals surface area contributed by atoms with E-state index in [2.05, 4.69) is 23.1 Å². The van der Waals surface area contributed by atoms with Crippen molar-refractivity contribution in [3.05, 3.63) is 88.8 Å². The predicted molar refractivity (Wildman–Crippen MR) is 140 cm³/mol. The average molecular weight is 483 g/mol. The molecule has 0 N–H and O–H groups in total. The van der Waals surface area contributed by atoms with Gasteiger partial charge in [0.25, 0.3) is 5.91 Å². The number of hydrogen-bond donors (Lipinski definition) is 0. The van der Waals surface area contributed by atoms with E-state index >= 15 is 0 Å². The number of amides is 1. The van der Waals surface area contributed by atoms with Crippen molar-refractivity contribution in [2.24, 2.45) is 0 Å². The minimum absolute atomic E-state index is 0.115. The zero-order valence-corrected chi connectivity index (χ0v) is 20.9. The zero-order chi connectivity index (χ0) is 25.7. The molecule has 1 amide bonds. The predicted octanol–water partition coefficient (Wildman–Crippen LogP) is 4.53. The Hall–Kier alpha value is -4.31. The molecule has 7 heteroatoms. The maximum absolute atomic E-state index is 13.2. The van der Waals surface area contributed by atoms with Crippen molar-refractivity contribution in [1.82, 2.24) is 9.47 Å². The van der Waals surface area contributed by atoms with Gasteiger partial charge in [-0.15, -0.1) is 0 Å². The number of rotatable bonds is 6. The van der Waals surface area contributed by atoms with Crippen molar-refractivity contribution in [3.63, 3.8) is 0 Å². The number of anilines is 1. The standard InChI is InChI=1S/C29H30N4O3/c1-4-36-29(35)23-9-8-12-27(19-23)33-21(2)17-24(22(33)3)18-25(20-30)28(34)32-15-13-31(14-16-32)26-10-6-5-7-11-26/h5-12,17-19H,4,13-16H2,1-3H3/b25-18-. The first-order chi connectivity index (χ1) is 17.4. The lowest BCUT2D eigenvalue weighted by Crippen LogP contribution is -2.49. The summed E-state index contributed by atoms with van der Waals surface area (Å²) >= 11 is 0. The number of nitrogens with zero attached hydrogens (tertiary/aromatic N) is 4. The van der Waals surface area contributed by atoms with Gasteiger partial charge in [-0.05, 0) is 68.8 Å². The number of benzene rings is 2. The van der Waals surface area contributed by atoms with Crippen molar-refractivity contribution in [2.45, 2.75) is 20.8 Å². The minimum atomic E-state index is -0.369. The van der Waals surface area contributed by atoms with E-state index in [1.165, 1.54) is 0 Å². The number of nitriles is 1. The second-order valence-corrected chi connectivity index (χ2v) is 8.72. The molecule has 0 atom stereocenters. The lowest BCUT2D eigenvalue weighted by Gasteiger charge is -2.36. The van der Waals surface area contributed by atoms with Crippen LogP contribution < -0.4 is 4.90 Å². The number of esters is 1. The monoisotopic (exact) mass is 482 g/mol. The van der Waals surface area contributed by atoms with Gasteiger partial charge in [0.2, 0.25) is 0 Å². The smallest absolute Gasteiger partial charge is 0.338 e. The Balaban J connectivity index is 1.54. The summed E-state index contributed by atoms with van der Waals surface area (Å²) < 4.78 is 7.14. The average Bonchev–Trinajstić information content (AvgIpc) is 3.19. The molecule has 0 spiro atoms. The highest BCUT2D eigenvalue weighted by atomic mass is 16.5. The number of hydrogen-bond acceptors (Lipinski definition) is 5. The fourth-order valence-electron chi connectivity index (χ4n) is 4.59. The summed E-state index contributed by atoms with van der Waals surface area (Å²) in [6.07, 6.45) is 1.67. The molecular weight excluding hydrogens is 452 g/mol. The quantitative estimate of drug-likeness (QED) is 0.293. The second kappa shape index (κ2) is 11.0. The highest BCUT2D eigenvalue weighted by Gasteiger charge is 2.24. The van der Waals surface area contributed by atoms with E-state index in [0.29, 0.717) is 25.3 Å². The molecule has 2 heterocycles. The van der Waals surface area contributed by atoms with Crippen LogP contribution in [0.1, 0.15) is 34.2 Å². The van der Waals surface area contributed by atoms with Crippen molar-refractivity contribution in [2.75, 3.05) is 37.7 Å². The van der Waals surface area contributed by atoms with Crippen LogP contribution in [0.25, 0.3) is 11.8 Å². The number of carbonyl (C=O) groups excluding carboxylic acids is 2. The fourth-order valence-corrected chi connectivity index (χ4v) is 4.59. The first-order valence-corrected chi connectivity index (χ1v) is 12.1. The van der Waals surface area contributed by atoms with Gasteiger partial charge in [-0.2, -0.15) is 5.26 Å². The molecule has 4 rings (SSSR count). The van der Waals surface area contributed by atoms with Gasteiger partial charge in [-0.3, -0.25) is 4.79 Å². The Bertz CT molecular complexity index is 1330. The number of para-hydroxylation sites is 1. The Kier molecular flexibility index (Phi) is 7.55. The van der Waals surface area contributed by atoms with Crippen molar-refractivity contribution < 1.29 is 14.3 Å². The van der Waals surface area contributed by atoms with Gasteiger partial charge in [0.15, 0.2) is 0 Å². The Morgan fingerprint density at radius 1 is 0.972 bits per heavy atom. The molecule has 1 aliphatic heterocycles. The summed E-state index contributed by atoms with van der Waals surface area (Å²) in [6, 6.07) is 21.4. The van der Waals surface area contributed by atoms with Crippen LogP contribution in [0.4, 0.5) is 5.69 Å². The molecule has 0 bridgehead atoms. The highest BCUT2D eigenvalue weighted by molar-refractivity contribution is 6.02. The maximum atomic E-state index is 13.2. The number of ether oxygens (including phenoxy) is 1. The lowest BCUT2D eigenvalue weighted by atomic mass is 10.1. The van der Waals surface area contributed by atoms with Gasteiger partial charge in [0.1, 0.15) is 11.6 Å². The largest absolute Gasteiger partial charge is 0.462 e. The van der Waals surface area contributed by atoms with E-state index in [0.717, 1.165) is 41.4 Å². The summed E-state index contributed by atoms with van der Waals surface area (Å²) in [7, 11) is 0. The van der Waals surface area contributed by atoms with Crippen molar-refractivity contribution in [1.29, 1.82) is 5.26 Å². The minimum Gasteiger partial charge on any atom is -0.462 e. The molecule has 1 aromatic heterocycles. The topological polar surface area (TPSA) is 78.6 Å². The molecule has 7 nitrogen and oxygen atoms in total. The van der Waals surface area contributed by atoms with E-state index < -0.39 is 0 Å². The molecule has 184 valence electrons. The van der Waals surface area contributed by atoms with Crippen LogP contribution in [-0.2, 0) is 9.53 Å². The van der Waals surface area contributed by atoms with Gasteiger partial charge >= 0.3 is 5.97 Å². The molecule has 2 aromatic carbocycles. The van der Waals surface area contributed by atoms with Crippen LogP contribution in [0.3, 0.4) is 0 Å². The number of aromatic nitrogens is 1. The third kappa shape index (κ3) is 5.18. The highest BCUT2D eigenvalue weighted by Crippen LogP contribution is 2.24. The first-order valence-electron chi connectivity index (χ1n) is 12.1. The van der Waals surface area contributed by atoms with Gasteiger partial charge in [0, 0.05) is 48.9 Å². The number of carbonyl (C=O) groups is 2. The summed E-state index contributed by atoms with van der Waals surface area (Å²) in [4.78, 5) is 29.4. The normalized spacial score (nSPS) is 13.9. The SMILES string of the molecule is CCOC(=O)c1cccc(-n2c(C)cc(/C=C(/C#N)C(=O)N3CCN(c4ccccc4)CC3)c2C)c1. The van der Waals surface area contributed by atoms with E-state index in [-0.39, 0.29) is 17.4 Å². The Morgan fingerprint density at radius 2 is 1.67 bits per heavy atom. The third-order valence-electron chi connectivity index (χ3n) is 6.42. The summed E-state index contributed by atoms with van der Waals surface area (Å²) in [6.45, 7) is 8.55. The molecule has 0 radical (unpaired) electrons. The molecule has 0 saturated carbocycles. The fraction of sp³-hybridized carbons (Fsp3) is 0.276. The second-order valence-electron chi connectivity index (χ2n) is 8.72. The molecule has 1 fully saturated rings. The molecule has 1 aliphatic rings. The maximum Gasteiger partial charge on any atom is 0.338 e. The van der Waals surface area contributed by atoms with Crippen LogP contribution in [0.15, 0.2) is 66.2 Å². The summed E-state index contributed by atoms with van der Waals surface area (Å²) in [5, 5.41) is 9.82. The number of piperazine rings is 1. The lowest BCUT2D eigenvalue weighted by molar-refractivity contribution is -0.126. The number of aryl methyl sites for hydroxylation is 1. The summed E-state index contributed by atoms with van der Waals surface area (Å²) in [5.41, 5.74) is 5.15. The molecule has 36 heavy (non-hydrogen) atoms. The van der Waals surface area contributed by atoms with E-state index in [4.69, 9.17) is 4.74 Å². The van der Waals surface area contributed by atoms with Gasteiger partial charge in [-0.1, -0.05) is 24.3 Å². The van der Waals surface area contributed by atoms with Crippen LogP contribution in [0, 0.1) is 25.2 Å². The van der Waals surface area contributed by atoms with E-state index in [1.807, 2.05) is 54.8 Å². The zero-order valence-electron chi connectivity index (χ0n) is 20.9. The Morgan fingerprint density at radius 3 is 2.33 bits per heavy atom. The van der Waals surface area contributed by atoms with Crippen LogP contribution in [-0.4, -0.2) is 54.1 Å². The molecule has 3 aromatic rings. The van der Waals surface area contributed by atoms with Crippen LogP contribution >= 0.6 is 0 Å².